The molecule has 21 heavy (non-hydrogen) atoms. The minimum atomic E-state index is -0.0314. The Morgan fingerprint density at radius 2 is 1.81 bits per heavy atom. The van der Waals surface area contributed by atoms with E-state index in [1.54, 1.807) is 0 Å². The number of hydrogen-bond donors (Lipinski definition) is 1. The quantitative estimate of drug-likeness (QED) is 0.781. The van der Waals surface area contributed by atoms with Crippen molar-refractivity contribution in [2.24, 2.45) is 5.73 Å². The zero-order valence-electron chi connectivity index (χ0n) is 12.3. The van der Waals surface area contributed by atoms with Crippen molar-refractivity contribution in [2.45, 2.75) is 25.8 Å². The molecule has 0 spiro atoms. The summed E-state index contributed by atoms with van der Waals surface area (Å²) in [5.74, 6) is 0. The molecule has 2 nitrogen and oxygen atoms in total. The molecule has 0 fully saturated rings. The molecule has 0 aliphatic heterocycles. The maximum Gasteiger partial charge on any atom is 0.0422 e. The van der Waals surface area contributed by atoms with Gasteiger partial charge in [-0.15, -0.1) is 0 Å². The van der Waals surface area contributed by atoms with Crippen LogP contribution in [0.2, 0.25) is 0 Å². The molecular formula is C19H20N2. The van der Waals surface area contributed by atoms with Gasteiger partial charge in [0.05, 0.1) is 0 Å². The summed E-state index contributed by atoms with van der Waals surface area (Å²) in [6, 6.07) is 18.9. The second-order valence-electron chi connectivity index (χ2n) is 5.39. The van der Waals surface area contributed by atoms with Crippen LogP contribution in [0.25, 0.3) is 10.8 Å². The van der Waals surface area contributed by atoms with Crippen molar-refractivity contribution >= 4 is 10.8 Å². The summed E-state index contributed by atoms with van der Waals surface area (Å²) < 4.78 is 0. The van der Waals surface area contributed by atoms with E-state index in [1.807, 2.05) is 6.20 Å². The Morgan fingerprint density at radius 1 is 1.00 bits per heavy atom. The minimum Gasteiger partial charge on any atom is -0.324 e. The van der Waals surface area contributed by atoms with Gasteiger partial charge in [0.1, 0.15) is 0 Å². The SMILES string of the molecule is CCc1ccc(CC(N)c2cccc3ccccc23)nc1. The summed E-state index contributed by atoms with van der Waals surface area (Å²) >= 11 is 0. The molecule has 3 rings (SSSR count). The number of rotatable bonds is 4. The van der Waals surface area contributed by atoms with Gasteiger partial charge in [0.15, 0.2) is 0 Å². The van der Waals surface area contributed by atoms with Gasteiger partial charge in [0, 0.05) is 24.4 Å². The molecule has 0 bridgehead atoms. The number of nitrogens with zero attached hydrogens (tertiary/aromatic N) is 1. The third-order valence-electron chi connectivity index (χ3n) is 3.95. The number of aryl methyl sites for hydroxylation is 1. The highest BCUT2D eigenvalue weighted by Crippen LogP contribution is 2.24. The lowest BCUT2D eigenvalue weighted by Gasteiger charge is -2.14. The van der Waals surface area contributed by atoms with E-state index in [4.69, 9.17) is 5.73 Å². The van der Waals surface area contributed by atoms with Gasteiger partial charge in [-0.3, -0.25) is 4.98 Å². The Morgan fingerprint density at radius 3 is 2.57 bits per heavy atom. The fraction of sp³-hybridized carbons (Fsp3) is 0.211. The van der Waals surface area contributed by atoms with E-state index in [0.717, 1.165) is 18.5 Å². The molecule has 3 aromatic rings. The van der Waals surface area contributed by atoms with Gasteiger partial charge < -0.3 is 5.73 Å². The molecule has 0 radical (unpaired) electrons. The van der Waals surface area contributed by atoms with Gasteiger partial charge >= 0.3 is 0 Å². The number of aromatic nitrogens is 1. The topological polar surface area (TPSA) is 38.9 Å². The smallest absolute Gasteiger partial charge is 0.0422 e. The molecule has 106 valence electrons. The summed E-state index contributed by atoms with van der Waals surface area (Å²) in [6.45, 7) is 2.14. The van der Waals surface area contributed by atoms with Crippen molar-refractivity contribution in [3.05, 3.63) is 77.6 Å². The average Bonchev–Trinajstić information content (AvgIpc) is 2.55. The van der Waals surface area contributed by atoms with Crippen LogP contribution < -0.4 is 5.73 Å². The third-order valence-corrected chi connectivity index (χ3v) is 3.95. The molecule has 0 amide bonds. The summed E-state index contributed by atoms with van der Waals surface area (Å²) in [5.41, 5.74) is 9.92. The van der Waals surface area contributed by atoms with Crippen molar-refractivity contribution in [2.75, 3.05) is 0 Å². The third kappa shape index (κ3) is 2.96. The lowest BCUT2D eigenvalue weighted by molar-refractivity contribution is 0.711. The molecule has 0 aliphatic rings. The number of fused-ring (bicyclic) bond motifs is 1. The highest BCUT2D eigenvalue weighted by molar-refractivity contribution is 5.86. The van der Waals surface area contributed by atoms with Crippen LogP contribution in [0.5, 0.6) is 0 Å². The van der Waals surface area contributed by atoms with Crippen LogP contribution >= 0.6 is 0 Å². The molecular weight excluding hydrogens is 256 g/mol. The summed E-state index contributed by atoms with van der Waals surface area (Å²) in [6.07, 6.45) is 3.73. The van der Waals surface area contributed by atoms with Crippen molar-refractivity contribution in [3.8, 4) is 0 Å². The summed E-state index contributed by atoms with van der Waals surface area (Å²) in [4.78, 5) is 4.52. The van der Waals surface area contributed by atoms with E-state index in [-0.39, 0.29) is 6.04 Å². The fourth-order valence-electron chi connectivity index (χ4n) is 2.69. The Bertz CT molecular complexity index is 727. The van der Waals surface area contributed by atoms with Crippen LogP contribution in [0, 0.1) is 0 Å². The normalized spacial score (nSPS) is 12.5. The molecule has 1 unspecified atom stereocenters. The van der Waals surface area contributed by atoms with Gasteiger partial charge in [-0.1, -0.05) is 55.5 Å². The van der Waals surface area contributed by atoms with E-state index in [0.29, 0.717) is 0 Å². The van der Waals surface area contributed by atoms with Gasteiger partial charge in [-0.05, 0) is 34.4 Å². The Kier molecular flexibility index (Phi) is 3.98. The first-order chi connectivity index (χ1) is 10.3. The average molecular weight is 276 g/mol. The zero-order chi connectivity index (χ0) is 14.7. The molecule has 1 atom stereocenters. The largest absolute Gasteiger partial charge is 0.324 e. The molecule has 2 heteroatoms. The number of benzene rings is 2. The Balaban J connectivity index is 1.88. The molecule has 1 aromatic heterocycles. The predicted molar refractivity (Wildman–Crippen MR) is 88.2 cm³/mol. The van der Waals surface area contributed by atoms with E-state index in [1.165, 1.54) is 21.9 Å². The van der Waals surface area contributed by atoms with E-state index >= 15 is 0 Å². The van der Waals surface area contributed by atoms with E-state index < -0.39 is 0 Å². The molecule has 0 aliphatic carbocycles. The van der Waals surface area contributed by atoms with Crippen molar-refractivity contribution in [1.29, 1.82) is 0 Å². The van der Waals surface area contributed by atoms with Crippen LogP contribution in [-0.2, 0) is 12.8 Å². The van der Waals surface area contributed by atoms with Gasteiger partial charge in [0.25, 0.3) is 0 Å². The molecule has 0 saturated heterocycles. The molecule has 0 saturated carbocycles. The van der Waals surface area contributed by atoms with Gasteiger partial charge in [-0.2, -0.15) is 0 Å². The molecule has 2 N–H and O–H groups in total. The van der Waals surface area contributed by atoms with Crippen LogP contribution in [-0.4, -0.2) is 4.98 Å². The van der Waals surface area contributed by atoms with Crippen LogP contribution in [0.4, 0.5) is 0 Å². The maximum absolute atomic E-state index is 6.42. The number of hydrogen-bond acceptors (Lipinski definition) is 2. The lowest BCUT2D eigenvalue weighted by atomic mass is 9.96. The Labute approximate surface area is 125 Å². The van der Waals surface area contributed by atoms with E-state index in [9.17, 15) is 0 Å². The van der Waals surface area contributed by atoms with Crippen molar-refractivity contribution < 1.29 is 0 Å². The number of pyridine rings is 1. The predicted octanol–water partition coefficient (Wildman–Crippen LogP) is 4.04. The first kappa shape index (κ1) is 13.8. The van der Waals surface area contributed by atoms with Crippen molar-refractivity contribution in [1.82, 2.24) is 4.98 Å². The highest BCUT2D eigenvalue weighted by atomic mass is 14.7. The molecule has 2 aromatic carbocycles. The lowest BCUT2D eigenvalue weighted by Crippen LogP contribution is -2.14. The summed E-state index contributed by atoms with van der Waals surface area (Å²) in [5, 5.41) is 2.47. The van der Waals surface area contributed by atoms with E-state index in [2.05, 4.69) is 66.5 Å². The second kappa shape index (κ2) is 6.06. The molecule has 1 heterocycles. The maximum atomic E-state index is 6.42. The first-order valence-electron chi connectivity index (χ1n) is 7.45. The van der Waals surface area contributed by atoms with Gasteiger partial charge in [0.2, 0.25) is 0 Å². The minimum absolute atomic E-state index is 0.0314. The van der Waals surface area contributed by atoms with Crippen LogP contribution in [0.3, 0.4) is 0 Å². The van der Waals surface area contributed by atoms with Gasteiger partial charge in [-0.25, -0.2) is 0 Å². The highest BCUT2D eigenvalue weighted by Gasteiger charge is 2.11. The Hall–Kier alpha value is -2.19. The standard InChI is InChI=1S/C19H20N2/c1-2-14-10-11-16(21-13-14)12-19(20)18-9-5-7-15-6-3-4-8-17(15)18/h3-11,13,19H,2,12,20H2,1H3. The number of nitrogens with two attached hydrogens (primary N) is 1. The first-order valence-corrected chi connectivity index (χ1v) is 7.45. The van der Waals surface area contributed by atoms with Crippen LogP contribution in [0.15, 0.2) is 60.8 Å². The second-order valence-corrected chi connectivity index (χ2v) is 5.39. The van der Waals surface area contributed by atoms with Crippen LogP contribution in [0.1, 0.15) is 29.8 Å². The zero-order valence-corrected chi connectivity index (χ0v) is 12.3. The van der Waals surface area contributed by atoms with Crippen molar-refractivity contribution in [3.63, 3.8) is 0 Å². The summed E-state index contributed by atoms with van der Waals surface area (Å²) in [7, 11) is 0. The monoisotopic (exact) mass is 276 g/mol. The fourth-order valence-corrected chi connectivity index (χ4v) is 2.69.